The van der Waals surface area contributed by atoms with Gasteiger partial charge in [-0.1, -0.05) is 103 Å². The summed E-state index contributed by atoms with van der Waals surface area (Å²) in [6, 6.07) is 43.5. The summed E-state index contributed by atoms with van der Waals surface area (Å²) < 4.78 is 1.95. The van der Waals surface area contributed by atoms with Crippen LogP contribution in [0, 0.1) is 0 Å². The number of aromatic nitrogens is 4. The molecule has 0 atom stereocenters. The smallest absolute Gasteiger partial charge is 0.160 e. The molecular weight excluding hydrogens is 452 g/mol. The molecule has 4 heteroatoms. The van der Waals surface area contributed by atoms with E-state index in [2.05, 4.69) is 85.1 Å². The Labute approximate surface area is 214 Å². The maximum absolute atomic E-state index is 4.98. The molecule has 0 bridgehead atoms. The molecule has 0 radical (unpaired) electrons. The van der Waals surface area contributed by atoms with Crippen molar-refractivity contribution in [1.82, 2.24) is 19.6 Å². The van der Waals surface area contributed by atoms with Gasteiger partial charge in [-0.05, 0) is 29.7 Å². The lowest BCUT2D eigenvalue weighted by Gasteiger charge is -2.10. The molecule has 0 saturated heterocycles. The lowest BCUT2D eigenvalue weighted by molar-refractivity contribution is 0.974. The van der Waals surface area contributed by atoms with E-state index in [9.17, 15) is 0 Å². The van der Waals surface area contributed by atoms with Crippen LogP contribution in [0.5, 0.6) is 0 Å². The molecule has 174 valence electrons. The third-order valence-corrected chi connectivity index (χ3v) is 6.61. The van der Waals surface area contributed by atoms with Crippen LogP contribution in [0.2, 0.25) is 0 Å². The summed E-state index contributed by atoms with van der Waals surface area (Å²) in [5.41, 5.74) is 7.90. The van der Waals surface area contributed by atoms with Crippen molar-refractivity contribution in [1.29, 1.82) is 0 Å². The molecule has 4 aromatic carbocycles. The Morgan fingerprint density at radius 1 is 0.432 bits per heavy atom. The highest BCUT2D eigenvalue weighted by molar-refractivity contribution is 5.86. The van der Waals surface area contributed by atoms with Crippen molar-refractivity contribution in [3.8, 4) is 45.2 Å². The van der Waals surface area contributed by atoms with E-state index in [0.717, 1.165) is 44.9 Å². The van der Waals surface area contributed by atoms with Crippen LogP contribution in [-0.4, -0.2) is 19.6 Å². The standard InChI is InChI=1S/C33H22N4/c1-3-10-23(11-4-1)30-21-31(35-33(34-30)24-12-5-2-6-13-24)26-16-9-17-27(18-26)32-20-29-19-25-14-7-8-15-28(25)22-37(29)36-32/h1-22H. The molecule has 0 fully saturated rings. The topological polar surface area (TPSA) is 43.1 Å². The Bertz CT molecular complexity index is 1760. The van der Waals surface area contributed by atoms with E-state index >= 15 is 0 Å². The molecule has 3 aromatic heterocycles. The van der Waals surface area contributed by atoms with Gasteiger partial charge in [0.15, 0.2) is 5.82 Å². The summed E-state index contributed by atoms with van der Waals surface area (Å²) in [4.78, 5) is 9.89. The molecule has 7 rings (SSSR count). The van der Waals surface area contributed by atoms with Gasteiger partial charge in [-0.15, -0.1) is 0 Å². The van der Waals surface area contributed by atoms with E-state index in [1.165, 1.54) is 10.8 Å². The van der Waals surface area contributed by atoms with Gasteiger partial charge in [-0.3, -0.25) is 0 Å². The van der Waals surface area contributed by atoms with Gasteiger partial charge in [0.25, 0.3) is 0 Å². The minimum atomic E-state index is 0.710. The first-order chi connectivity index (χ1) is 18.3. The number of nitrogens with zero attached hydrogens (tertiary/aromatic N) is 4. The zero-order chi connectivity index (χ0) is 24.6. The first kappa shape index (κ1) is 21.2. The van der Waals surface area contributed by atoms with Crippen molar-refractivity contribution in [2.75, 3.05) is 0 Å². The van der Waals surface area contributed by atoms with Gasteiger partial charge in [0.05, 0.1) is 22.6 Å². The third-order valence-electron chi connectivity index (χ3n) is 6.61. The largest absolute Gasteiger partial charge is 0.240 e. The molecule has 0 aliphatic rings. The second kappa shape index (κ2) is 8.85. The van der Waals surface area contributed by atoms with Gasteiger partial charge in [-0.2, -0.15) is 5.10 Å². The number of fused-ring (bicyclic) bond motifs is 2. The Hall–Kier alpha value is -5.09. The highest BCUT2D eigenvalue weighted by atomic mass is 15.2. The van der Waals surface area contributed by atoms with Crippen molar-refractivity contribution in [2.45, 2.75) is 0 Å². The van der Waals surface area contributed by atoms with Crippen LogP contribution >= 0.6 is 0 Å². The van der Waals surface area contributed by atoms with Crippen molar-refractivity contribution in [3.05, 3.63) is 134 Å². The zero-order valence-corrected chi connectivity index (χ0v) is 20.0. The summed E-state index contributed by atoms with van der Waals surface area (Å²) in [7, 11) is 0. The molecule has 7 aromatic rings. The van der Waals surface area contributed by atoms with Crippen LogP contribution in [0.25, 0.3) is 61.4 Å². The minimum absolute atomic E-state index is 0.710. The second-order valence-electron chi connectivity index (χ2n) is 9.08. The highest BCUT2D eigenvalue weighted by Crippen LogP contribution is 2.30. The summed E-state index contributed by atoms with van der Waals surface area (Å²) in [6.07, 6.45) is 2.08. The van der Waals surface area contributed by atoms with Crippen LogP contribution in [-0.2, 0) is 0 Å². The molecule has 0 aliphatic carbocycles. The van der Waals surface area contributed by atoms with Crippen LogP contribution < -0.4 is 0 Å². The molecule has 0 unspecified atom stereocenters. The van der Waals surface area contributed by atoms with Gasteiger partial charge in [0.1, 0.15) is 0 Å². The number of pyridine rings is 1. The normalized spacial score (nSPS) is 11.2. The number of rotatable bonds is 4. The molecule has 37 heavy (non-hydrogen) atoms. The van der Waals surface area contributed by atoms with Gasteiger partial charge < -0.3 is 0 Å². The average molecular weight is 475 g/mol. The van der Waals surface area contributed by atoms with E-state index in [1.54, 1.807) is 0 Å². The second-order valence-corrected chi connectivity index (χ2v) is 9.08. The van der Waals surface area contributed by atoms with Crippen LogP contribution in [0.4, 0.5) is 0 Å². The van der Waals surface area contributed by atoms with Crippen LogP contribution in [0.15, 0.2) is 134 Å². The van der Waals surface area contributed by atoms with E-state index in [-0.39, 0.29) is 0 Å². The number of hydrogen-bond acceptors (Lipinski definition) is 3. The molecule has 0 spiro atoms. The molecule has 4 nitrogen and oxygen atoms in total. The first-order valence-corrected chi connectivity index (χ1v) is 12.3. The van der Waals surface area contributed by atoms with Gasteiger partial charge >= 0.3 is 0 Å². The maximum Gasteiger partial charge on any atom is 0.160 e. The maximum atomic E-state index is 4.98. The lowest BCUT2D eigenvalue weighted by atomic mass is 10.0. The predicted molar refractivity (Wildman–Crippen MR) is 150 cm³/mol. The summed E-state index contributed by atoms with van der Waals surface area (Å²) in [5, 5.41) is 7.26. The van der Waals surface area contributed by atoms with Crippen LogP contribution in [0.1, 0.15) is 0 Å². The first-order valence-electron chi connectivity index (χ1n) is 12.3. The Morgan fingerprint density at radius 2 is 1.03 bits per heavy atom. The molecule has 0 N–H and O–H groups in total. The molecule has 0 saturated carbocycles. The Morgan fingerprint density at radius 3 is 1.78 bits per heavy atom. The van der Waals surface area contributed by atoms with Gasteiger partial charge in [0, 0.05) is 33.8 Å². The third kappa shape index (κ3) is 4.05. The van der Waals surface area contributed by atoms with Crippen LogP contribution in [0.3, 0.4) is 0 Å². The van der Waals surface area contributed by atoms with E-state index < -0.39 is 0 Å². The fourth-order valence-corrected chi connectivity index (χ4v) is 4.72. The van der Waals surface area contributed by atoms with Crippen molar-refractivity contribution in [3.63, 3.8) is 0 Å². The van der Waals surface area contributed by atoms with E-state index in [1.807, 2.05) is 53.0 Å². The monoisotopic (exact) mass is 474 g/mol. The Balaban J connectivity index is 1.35. The molecule has 0 aliphatic heterocycles. The Kier molecular flexibility index (Phi) is 5.07. The van der Waals surface area contributed by atoms with Crippen molar-refractivity contribution >= 4 is 16.3 Å². The molecule has 0 amide bonds. The lowest BCUT2D eigenvalue weighted by Crippen LogP contribution is -1.96. The van der Waals surface area contributed by atoms with Gasteiger partial charge in [-0.25, -0.2) is 14.5 Å². The van der Waals surface area contributed by atoms with E-state index in [4.69, 9.17) is 15.1 Å². The van der Waals surface area contributed by atoms with Crippen molar-refractivity contribution < 1.29 is 0 Å². The SMILES string of the molecule is c1ccc(-c2cc(-c3cccc(-c4cc5cc6ccccc6cn5n4)c3)nc(-c3ccccc3)n2)cc1. The zero-order valence-electron chi connectivity index (χ0n) is 20.0. The summed E-state index contributed by atoms with van der Waals surface area (Å²) in [5.74, 6) is 0.710. The number of hydrogen-bond donors (Lipinski definition) is 0. The molecular formula is C33H22N4. The summed E-state index contributed by atoms with van der Waals surface area (Å²) in [6.45, 7) is 0. The van der Waals surface area contributed by atoms with Crippen molar-refractivity contribution in [2.24, 2.45) is 0 Å². The fourth-order valence-electron chi connectivity index (χ4n) is 4.72. The summed E-state index contributed by atoms with van der Waals surface area (Å²) >= 11 is 0. The fraction of sp³-hybridized carbons (Fsp3) is 0. The highest BCUT2D eigenvalue weighted by Gasteiger charge is 2.12. The molecule has 3 heterocycles. The minimum Gasteiger partial charge on any atom is -0.240 e. The predicted octanol–water partition coefficient (Wildman–Crippen LogP) is 7.95. The van der Waals surface area contributed by atoms with Gasteiger partial charge in [0.2, 0.25) is 0 Å². The quantitative estimate of drug-likeness (QED) is 0.260. The van der Waals surface area contributed by atoms with E-state index in [0.29, 0.717) is 5.82 Å². The average Bonchev–Trinajstić information content (AvgIpc) is 3.40. The number of benzene rings is 4.